The molecule has 0 atom stereocenters. The third kappa shape index (κ3) is 3.47. The van der Waals surface area contributed by atoms with E-state index in [0.29, 0.717) is 5.56 Å². The Bertz CT molecular complexity index is 735. The highest BCUT2D eigenvalue weighted by Gasteiger charge is 2.49. The van der Waals surface area contributed by atoms with Gasteiger partial charge >= 0.3 is 21.7 Å². The van der Waals surface area contributed by atoms with E-state index in [1.165, 1.54) is 11.0 Å². The number of methoxy groups -OCH3 is 1. The first kappa shape index (κ1) is 17.7. The van der Waals surface area contributed by atoms with Crippen molar-refractivity contribution in [2.45, 2.75) is 18.5 Å². The summed E-state index contributed by atoms with van der Waals surface area (Å²) in [6.07, 6.45) is -0.466. The lowest BCUT2D eigenvalue weighted by molar-refractivity contribution is -0.0500. The number of amides is 1. The van der Waals surface area contributed by atoms with Crippen LogP contribution in [-0.2, 0) is 27.8 Å². The van der Waals surface area contributed by atoms with Crippen molar-refractivity contribution in [3.05, 3.63) is 28.3 Å². The number of fused-ring (bicyclic) bond motifs is 1. The summed E-state index contributed by atoms with van der Waals surface area (Å²) in [5.74, 6) is -0.518. The van der Waals surface area contributed by atoms with Gasteiger partial charge in [-0.3, -0.25) is 0 Å². The molecule has 1 aromatic rings. The van der Waals surface area contributed by atoms with Crippen LogP contribution >= 0.6 is 11.6 Å². The number of rotatable bonds is 2. The van der Waals surface area contributed by atoms with Crippen molar-refractivity contribution >= 4 is 27.8 Å². The molecule has 0 unspecified atom stereocenters. The number of carbonyl (C=O) groups is 1. The van der Waals surface area contributed by atoms with E-state index < -0.39 is 27.5 Å². The third-order valence-corrected chi connectivity index (χ3v) is 4.55. The van der Waals surface area contributed by atoms with E-state index in [-0.39, 0.29) is 30.1 Å². The molecule has 0 aromatic heterocycles. The fourth-order valence-corrected chi connectivity index (χ4v) is 2.89. The number of ether oxygens (including phenoxy) is 1. The van der Waals surface area contributed by atoms with Gasteiger partial charge in [0.25, 0.3) is 0 Å². The topological polar surface area (TPSA) is 72.9 Å². The summed E-state index contributed by atoms with van der Waals surface area (Å²) >= 11 is 5.97. The van der Waals surface area contributed by atoms with Crippen LogP contribution in [-0.4, -0.2) is 38.6 Å². The lowest BCUT2D eigenvalue weighted by Crippen LogP contribution is -2.36. The van der Waals surface area contributed by atoms with Gasteiger partial charge in [0, 0.05) is 17.1 Å². The molecule has 6 nitrogen and oxygen atoms in total. The van der Waals surface area contributed by atoms with E-state index in [1.54, 1.807) is 0 Å². The Hall–Kier alpha value is -1.68. The van der Waals surface area contributed by atoms with Crippen LogP contribution in [0.5, 0.6) is 5.75 Å². The Morgan fingerprint density at radius 3 is 2.52 bits per heavy atom. The van der Waals surface area contributed by atoms with Crippen molar-refractivity contribution in [1.29, 1.82) is 0 Å². The summed E-state index contributed by atoms with van der Waals surface area (Å²) in [5.41, 5.74) is -5.03. The minimum absolute atomic E-state index is 0.0991. The van der Waals surface area contributed by atoms with Gasteiger partial charge < -0.3 is 13.8 Å². The maximum absolute atomic E-state index is 12.5. The van der Waals surface area contributed by atoms with Crippen molar-refractivity contribution in [3.8, 4) is 5.75 Å². The standard InChI is InChI=1S/C12H11ClF3NO5S/c1-21-11(18)17-5-4-7-8(6-17)10(3-2-9(7)13)22-23(19,20)12(14,15)16/h2-3H,4-6H2,1H3. The monoisotopic (exact) mass is 373 g/mol. The molecule has 11 heteroatoms. The zero-order chi connectivity index (χ0) is 17.4. The SMILES string of the molecule is COC(=O)N1CCc2c(Cl)ccc(OS(=O)(=O)C(F)(F)F)c2C1. The quantitative estimate of drug-likeness (QED) is 0.588. The highest BCUT2D eigenvalue weighted by Crippen LogP contribution is 2.36. The molecule has 0 aliphatic carbocycles. The third-order valence-electron chi connectivity index (χ3n) is 3.23. The molecule has 0 saturated carbocycles. The Kier molecular flexibility index (Phi) is 4.67. The minimum atomic E-state index is -5.82. The fraction of sp³-hybridized carbons (Fsp3) is 0.417. The van der Waals surface area contributed by atoms with Crippen LogP contribution in [0.4, 0.5) is 18.0 Å². The largest absolute Gasteiger partial charge is 0.534 e. The van der Waals surface area contributed by atoms with Crippen LogP contribution in [0.15, 0.2) is 12.1 Å². The lowest BCUT2D eigenvalue weighted by Gasteiger charge is -2.29. The van der Waals surface area contributed by atoms with Crippen LogP contribution in [0.1, 0.15) is 11.1 Å². The second-order valence-corrected chi connectivity index (χ2v) is 6.57. The molecule has 23 heavy (non-hydrogen) atoms. The van der Waals surface area contributed by atoms with Gasteiger partial charge in [-0.25, -0.2) is 4.79 Å². The molecule has 0 N–H and O–H groups in total. The first-order valence-corrected chi connectivity index (χ1v) is 7.99. The van der Waals surface area contributed by atoms with Gasteiger partial charge in [-0.05, 0) is 24.1 Å². The smallest absolute Gasteiger partial charge is 0.453 e. The highest BCUT2D eigenvalue weighted by atomic mass is 35.5. The average molecular weight is 374 g/mol. The molecule has 2 rings (SSSR count). The number of alkyl halides is 3. The normalized spacial score (nSPS) is 15.1. The second-order valence-electron chi connectivity index (χ2n) is 4.63. The van der Waals surface area contributed by atoms with E-state index >= 15 is 0 Å². The number of halogens is 4. The maximum atomic E-state index is 12.5. The summed E-state index contributed by atoms with van der Waals surface area (Å²) in [5, 5.41) is 0.251. The van der Waals surface area contributed by atoms with Gasteiger partial charge in [-0.2, -0.15) is 21.6 Å². The van der Waals surface area contributed by atoms with E-state index in [9.17, 15) is 26.4 Å². The first-order valence-electron chi connectivity index (χ1n) is 6.20. The lowest BCUT2D eigenvalue weighted by atomic mass is 9.99. The Labute approximate surface area is 134 Å². The number of nitrogens with zero attached hydrogens (tertiary/aromatic N) is 1. The predicted molar refractivity (Wildman–Crippen MR) is 73.6 cm³/mol. The summed E-state index contributed by atoms with van der Waals surface area (Å²) in [6, 6.07) is 2.26. The maximum Gasteiger partial charge on any atom is 0.534 e. The summed E-state index contributed by atoms with van der Waals surface area (Å²) in [7, 11) is -4.66. The molecule has 1 aliphatic heterocycles. The van der Waals surface area contributed by atoms with Gasteiger partial charge in [0.05, 0.1) is 13.7 Å². The molecule has 0 bridgehead atoms. The fourth-order valence-electron chi connectivity index (χ4n) is 2.13. The van der Waals surface area contributed by atoms with E-state index in [4.69, 9.17) is 11.6 Å². The molecule has 1 aliphatic rings. The van der Waals surface area contributed by atoms with Gasteiger partial charge in [-0.1, -0.05) is 11.6 Å². The molecule has 0 saturated heterocycles. The first-order chi connectivity index (χ1) is 10.6. The molecule has 0 radical (unpaired) electrons. The van der Waals surface area contributed by atoms with E-state index in [0.717, 1.165) is 13.2 Å². The number of hydrogen-bond donors (Lipinski definition) is 0. The summed E-state index contributed by atoms with van der Waals surface area (Å²) in [4.78, 5) is 12.7. The van der Waals surface area contributed by atoms with Crippen molar-refractivity contribution in [2.24, 2.45) is 0 Å². The van der Waals surface area contributed by atoms with Crippen molar-refractivity contribution in [2.75, 3.05) is 13.7 Å². The Morgan fingerprint density at radius 1 is 1.30 bits per heavy atom. The predicted octanol–water partition coefficient (Wildman–Crippen LogP) is 2.69. The van der Waals surface area contributed by atoms with E-state index in [1.807, 2.05) is 0 Å². The Morgan fingerprint density at radius 2 is 1.96 bits per heavy atom. The highest BCUT2D eigenvalue weighted by molar-refractivity contribution is 7.88. The molecule has 1 aromatic carbocycles. The molecule has 1 amide bonds. The Balaban J connectivity index is 2.43. The number of hydrogen-bond acceptors (Lipinski definition) is 5. The summed E-state index contributed by atoms with van der Waals surface area (Å²) in [6.45, 7) is 0.0557. The van der Waals surface area contributed by atoms with Crippen LogP contribution in [0.2, 0.25) is 5.02 Å². The molecule has 0 fully saturated rings. The van der Waals surface area contributed by atoms with Crippen molar-refractivity contribution in [1.82, 2.24) is 4.90 Å². The van der Waals surface area contributed by atoms with Crippen LogP contribution in [0.25, 0.3) is 0 Å². The number of carbonyl (C=O) groups excluding carboxylic acids is 1. The van der Waals surface area contributed by atoms with Gasteiger partial charge in [0.2, 0.25) is 0 Å². The summed E-state index contributed by atoms with van der Waals surface area (Å²) < 4.78 is 68.5. The molecule has 1 heterocycles. The molecular weight excluding hydrogens is 363 g/mol. The molecule has 128 valence electrons. The van der Waals surface area contributed by atoms with Gasteiger partial charge in [0.15, 0.2) is 0 Å². The number of benzene rings is 1. The van der Waals surface area contributed by atoms with Gasteiger partial charge in [0.1, 0.15) is 5.75 Å². The zero-order valence-corrected chi connectivity index (χ0v) is 13.3. The van der Waals surface area contributed by atoms with Crippen LogP contribution in [0.3, 0.4) is 0 Å². The molecular formula is C12H11ClF3NO5S. The van der Waals surface area contributed by atoms with E-state index in [2.05, 4.69) is 8.92 Å². The zero-order valence-electron chi connectivity index (χ0n) is 11.7. The minimum Gasteiger partial charge on any atom is -0.453 e. The van der Waals surface area contributed by atoms with Crippen LogP contribution < -0.4 is 4.18 Å². The van der Waals surface area contributed by atoms with Crippen LogP contribution in [0, 0.1) is 0 Å². The second kappa shape index (κ2) is 6.08. The molecule has 0 spiro atoms. The van der Waals surface area contributed by atoms with Gasteiger partial charge in [-0.15, -0.1) is 0 Å². The van der Waals surface area contributed by atoms with Crippen molar-refractivity contribution in [3.63, 3.8) is 0 Å². The van der Waals surface area contributed by atoms with Crippen molar-refractivity contribution < 1.29 is 35.3 Å². The average Bonchev–Trinajstić information content (AvgIpc) is 2.47.